The molecule has 0 amide bonds. The Balaban J connectivity index is 1.42. The molecule has 1 heterocycles. The van der Waals surface area contributed by atoms with Crippen LogP contribution in [0, 0.1) is 0 Å². The largest absolute Gasteiger partial charge is 0.307 e. The van der Waals surface area contributed by atoms with E-state index in [1.54, 1.807) is 12.1 Å². The van der Waals surface area contributed by atoms with Crippen molar-refractivity contribution >= 4 is 31.3 Å². The summed E-state index contributed by atoms with van der Waals surface area (Å²) in [5, 5.41) is 7.45. The van der Waals surface area contributed by atoms with E-state index in [9.17, 15) is 8.42 Å². The van der Waals surface area contributed by atoms with Crippen molar-refractivity contribution in [3.8, 4) is 0 Å². The van der Waals surface area contributed by atoms with E-state index in [1.165, 1.54) is 27.5 Å². The molecule has 1 aliphatic carbocycles. The third kappa shape index (κ3) is 3.96. The van der Waals surface area contributed by atoms with Crippen molar-refractivity contribution in [1.29, 1.82) is 0 Å². The minimum atomic E-state index is -3.12. The van der Waals surface area contributed by atoms with Gasteiger partial charge in [0.05, 0.1) is 4.90 Å². The number of thiophene rings is 1. The number of rotatable bonds is 5. The van der Waals surface area contributed by atoms with E-state index in [0.29, 0.717) is 22.9 Å². The van der Waals surface area contributed by atoms with Crippen molar-refractivity contribution in [2.75, 3.05) is 6.26 Å². The molecule has 1 fully saturated rings. The molecular formula is C22H25NO2S2. The summed E-state index contributed by atoms with van der Waals surface area (Å²) in [6.07, 6.45) is 4.66. The number of sulfone groups is 1. The molecule has 0 spiro atoms. The Kier molecular flexibility index (Phi) is 5.10. The van der Waals surface area contributed by atoms with Crippen molar-refractivity contribution in [3.05, 3.63) is 65.0 Å². The summed E-state index contributed by atoms with van der Waals surface area (Å²) in [6.45, 7) is 2.25. The number of fused-ring (bicyclic) bond motifs is 1. The molecule has 1 N–H and O–H groups in total. The molecule has 142 valence electrons. The zero-order chi connectivity index (χ0) is 19.0. The predicted molar refractivity (Wildman–Crippen MR) is 113 cm³/mol. The Morgan fingerprint density at radius 2 is 1.81 bits per heavy atom. The maximum atomic E-state index is 11.6. The van der Waals surface area contributed by atoms with Crippen molar-refractivity contribution in [3.63, 3.8) is 0 Å². The van der Waals surface area contributed by atoms with Crippen LogP contribution in [0.5, 0.6) is 0 Å². The average molecular weight is 400 g/mol. The molecule has 0 saturated heterocycles. The van der Waals surface area contributed by atoms with Gasteiger partial charge in [0.1, 0.15) is 0 Å². The second-order valence-corrected chi connectivity index (χ2v) is 10.6. The Bertz CT molecular complexity index is 1040. The minimum absolute atomic E-state index is 0.331. The molecule has 1 saturated carbocycles. The van der Waals surface area contributed by atoms with Crippen LogP contribution in [-0.4, -0.2) is 20.7 Å². The molecule has 1 aliphatic rings. The highest BCUT2D eigenvalue weighted by Crippen LogP contribution is 2.37. The normalized spacial score (nSPS) is 21.6. The summed E-state index contributed by atoms with van der Waals surface area (Å²) in [7, 11) is -3.12. The second kappa shape index (κ2) is 7.38. The van der Waals surface area contributed by atoms with Crippen LogP contribution in [0.15, 0.2) is 58.8 Å². The lowest BCUT2D eigenvalue weighted by Gasteiger charge is -2.20. The second-order valence-electron chi connectivity index (χ2n) is 7.62. The van der Waals surface area contributed by atoms with Crippen molar-refractivity contribution < 1.29 is 8.42 Å². The molecule has 0 bridgehead atoms. The molecule has 3 nitrogen and oxygen atoms in total. The fourth-order valence-corrected chi connectivity index (χ4v) is 5.89. The van der Waals surface area contributed by atoms with Gasteiger partial charge in [0.15, 0.2) is 9.84 Å². The van der Waals surface area contributed by atoms with Gasteiger partial charge >= 0.3 is 0 Å². The van der Waals surface area contributed by atoms with E-state index in [1.807, 2.05) is 23.5 Å². The van der Waals surface area contributed by atoms with Crippen molar-refractivity contribution in [2.24, 2.45) is 0 Å². The molecule has 1 unspecified atom stereocenters. The molecule has 2 aromatic carbocycles. The van der Waals surface area contributed by atoms with Crippen LogP contribution < -0.4 is 5.32 Å². The van der Waals surface area contributed by atoms with Crippen LogP contribution in [0.1, 0.15) is 49.3 Å². The lowest BCUT2D eigenvalue weighted by molar-refractivity contribution is 0.459. The molecule has 1 aromatic heterocycles. The number of hydrogen-bond donors (Lipinski definition) is 1. The number of hydrogen-bond acceptors (Lipinski definition) is 4. The summed E-state index contributed by atoms with van der Waals surface area (Å²) >= 11 is 1.81. The van der Waals surface area contributed by atoms with Gasteiger partial charge in [-0.2, -0.15) is 0 Å². The Hall–Kier alpha value is -1.69. The van der Waals surface area contributed by atoms with E-state index in [4.69, 9.17) is 0 Å². The fourth-order valence-electron chi connectivity index (χ4n) is 4.20. The third-order valence-electron chi connectivity index (χ3n) is 5.68. The van der Waals surface area contributed by atoms with Crippen LogP contribution in [-0.2, 0) is 9.84 Å². The third-order valence-corrected chi connectivity index (χ3v) is 7.79. The first kappa shape index (κ1) is 18.7. The monoisotopic (exact) mass is 399 g/mol. The number of nitrogens with one attached hydrogen (secondary N) is 1. The Labute approximate surface area is 165 Å². The standard InChI is InChI=1S/C22H25NO2S2/c1-15(21-14-26-22-6-4-3-5-20(21)22)23-18-10-7-17(13-18)16-8-11-19(12-9-16)27(2,24)25/h3-6,8-9,11-12,14-15,17-18,23H,7,10,13H2,1-2H3/t15-,17?,18+/m1/s1. The first-order valence-corrected chi connectivity index (χ1v) is 12.2. The first-order chi connectivity index (χ1) is 12.9. The van der Waals surface area contributed by atoms with Crippen molar-refractivity contribution in [1.82, 2.24) is 5.32 Å². The van der Waals surface area contributed by atoms with Gasteiger partial charge in [0, 0.05) is 23.0 Å². The van der Waals surface area contributed by atoms with Gasteiger partial charge < -0.3 is 5.32 Å². The topological polar surface area (TPSA) is 46.2 Å². The highest BCUT2D eigenvalue weighted by Gasteiger charge is 2.27. The first-order valence-electron chi connectivity index (χ1n) is 9.44. The number of benzene rings is 2. The SMILES string of the molecule is C[C@@H](N[C@H]1CCC(c2ccc(S(C)(=O)=O)cc2)C1)c1csc2ccccc12. The van der Waals surface area contributed by atoms with E-state index in [2.05, 4.69) is 41.9 Å². The van der Waals surface area contributed by atoms with Gasteiger partial charge in [-0.1, -0.05) is 30.3 Å². The average Bonchev–Trinajstić information content (AvgIpc) is 3.28. The minimum Gasteiger partial charge on any atom is -0.307 e. The fraction of sp³-hybridized carbons (Fsp3) is 0.364. The highest BCUT2D eigenvalue weighted by atomic mass is 32.2. The molecule has 5 heteroatoms. The van der Waals surface area contributed by atoms with Crippen LogP contribution in [0.25, 0.3) is 10.1 Å². The van der Waals surface area contributed by atoms with Crippen LogP contribution in [0.3, 0.4) is 0 Å². The molecule has 0 radical (unpaired) electrons. The molecular weight excluding hydrogens is 374 g/mol. The maximum absolute atomic E-state index is 11.6. The van der Waals surface area contributed by atoms with E-state index < -0.39 is 9.84 Å². The van der Waals surface area contributed by atoms with Gasteiger partial charge in [0.25, 0.3) is 0 Å². The predicted octanol–water partition coefficient (Wildman–Crippen LogP) is 5.29. The Morgan fingerprint density at radius 1 is 1.07 bits per heavy atom. The quantitative estimate of drug-likeness (QED) is 0.634. The van der Waals surface area contributed by atoms with Gasteiger partial charge in [-0.25, -0.2) is 8.42 Å². The van der Waals surface area contributed by atoms with E-state index in [-0.39, 0.29) is 0 Å². The molecule has 0 aliphatic heterocycles. The van der Waals surface area contributed by atoms with E-state index in [0.717, 1.165) is 19.3 Å². The van der Waals surface area contributed by atoms with E-state index >= 15 is 0 Å². The molecule has 4 rings (SSSR count). The van der Waals surface area contributed by atoms with Gasteiger partial charge in [-0.15, -0.1) is 11.3 Å². The zero-order valence-corrected chi connectivity index (χ0v) is 17.3. The lowest BCUT2D eigenvalue weighted by Crippen LogP contribution is -2.29. The summed E-state index contributed by atoms with van der Waals surface area (Å²) in [6, 6.07) is 16.9. The molecule has 27 heavy (non-hydrogen) atoms. The van der Waals surface area contributed by atoms with Gasteiger partial charge in [0.2, 0.25) is 0 Å². The zero-order valence-electron chi connectivity index (χ0n) is 15.7. The van der Waals surface area contributed by atoms with Crippen LogP contribution in [0.4, 0.5) is 0 Å². The lowest BCUT2D eigenvalue weighted by atomic mass is 9.97. The van der Waals surface area contributed by atoms with Gasteiger partial charge in [-0.05, 0) is 72.2 Å². The Morgan fingerprint density at radius 3 is 2.56 bits per heavy atom. The van der Waals surface area contributed by atoms with Gasteiger partial charge in [-0.3, -0.25) is 0 Å². The highest BCUT2D eigenvalue weighted by molar-refractivity contribution is 7.90. The summed E-state index contributed by atoms with van der Waals surface area (Å²) in [4.78, 5) is 0.400. The molecule has 3 aromatic rings. The van der Waals surface area contributed by atoms with Crippen LogP contribution in [0.2, 0.25) is 0 Å². The smallest absolute Gasteiger partial charge is 0.175 e. The summed E-state index contributed by atoms with van der Waals surface area (Å²) in [5.74, 6) is 0.502. The maximum Gasteiger partial charge on any atom is 0.175 e. The summed E-state index contributed by atoms with van der Waals surface area (Å²) < 4.78 is 24.6. The summed E-state index contributed by atoms with van der Waals surface area (Å²) in [5.41, 5.74) is 2.64. The molecule has 3 atom stereocenters. The van der Waals surface area contributed by atoms with Crippen molar-refractivity contribution in [2.45, 2.75) is 49.1 Å². The van der Waals surface area contributed by atoms with Crippen LogP contribution >= 0.6 is 11.3 Å².